The van der Waals surface area contributed by atoms with Crippen LogP contribution in [0.3, 0.4) is 0 Å². The zero-order valence-corrected chi connectivity index (χ0v) is 14.1. The Kier molecular flexibility index (Phi) is 6.47. The molecule has 25 heavy (non-hydrogen) atoms. The van der Waals surface area contributed by atoms with E-state index in [0.29, 0.717) is 4.90 Å². The molecule has 1 atom stereocenters. The summed E-state index contributed by atoms with van der Waals surface area (Å²) in [6.07, 6.45) is 0. The largest absolute Gasteiger partial charge is 0.347 e. The van der Waals surface area contributed by atoms with Crippen LogP contribution in [0.1, 0.15) is 20.8 Å². The molecule has 0 aliphatic carbocycles. The van der Waals surface area contributed by atoms with Crippen molar-refractivity contribution >= 4 is 17.5 Å². The van der Waals surface area contributed by atoms with Gasteiger partial charge in [0.05, 0.1) is 7.05 Å². The minimum Gasteiger partial charge on any atom is -0.347 e. The highest BCUT2D eigenvalue weighted by atomic mass is 19.2. The van der Waals surface area contributed by atoms with Crippen molar-refractivity contribution in [3.8, 4) is 0 Å². The van der Waals surface area contributed by atoms with E-state index in [4.69, 9.17) is 0 Å². The molecule has 1 rings (SSSR count). The number of quaternary nitrogens is 1. The molecule has 1 aromatic rings. The number of likely N-dealkylation sites (N-methyl/N-ethyl adjacent to an activating group) is 1. The lowest BCUT2D eigenvalue weighted by molar-refractivity contribution is -0.862. The lowest BCUT2D eigenvalue weighted by Crippen LogP contribution is -3.11. The summed E-state index contributed by atoms with van der Waals surface area (Å²) < 4.78 is 66.1. The maximum absolute atomic E-state index is 13.5. The van der Waals surface area contributed by atoms with Gasteiger partial charge in [-0.2, -0.15) is 0 Å². The van der Waals surface area contributed by atoms with Crippen LogP contribution in [0, 0.1) is 29.1 Å². The number of hydrogen-bond donors (Lipinski definition) is 3. The van der Waals surface area contributed by atoms with E-state index < -0.39 is 52.8 Å². The molecule has 0 aliphatic rings. The van der Waals surface area contributed by atoms with E-state index >= 15 is 0 Å². The summed E-state index contributed by atoms with van der Waals surface area (Å²) in [7, 11) is 1.46. The number of benzene rings is 1. The van der Waals surface area contributed by atoms with E-state index in [1.54, 1.807) is 26.1 Å². The van der Waals surface area contributed by atoms with E-state index in [1.165, 1.54) is 7.05 Å². The first kappa shape index (κ1) is 20.8. The second-order valence-corrected chi connectivity index (χ2v) is 6.60. The van der Waals surface area contributed by atoms with Crippen molar-refractivity contribution in [3.05, 3.63) is 29.1 Å². The van der Waals surface area contributed by atoms with E-state index in [9.17, 15) is 31.5 Å². The summed E-state index contributed by atoms with van der Waals surface area (Å²) in [4.78, 5) is 23.8. The minimum absolute atomic E-state index is 0.123. The van der Waals surface area contributed by atoms with E-state index in [-0.39, 0.29) is 12.5 Å². The van der Waals surface area contributed by atoms with Crippen LogP contribution in [-0.4, -0.2) is 37.5 Å². The highest BCUT2D eigenvalue weighted by Gasteiger charge is 2.27. The molecule has 0 saturated heterocycles. The van der Waals surface area contributed by atoms with Crippen molar-refractivity contribution in [1.82, 2.24) is 5.32 Å². The summed E-state index contributed by atoms with van der Waals surface area (Å²) in [5.74, 6) is -12.3. The van der Waals surface area contributed by atoms with Crippen LogP contribution >= 0.6 is 0 Å². The number of carbonyl (C=O) groups is 2. The Hall–Kier alpha value is -2.23. The Morgan fingerprint density at radius 1 is 0.840 bits per heavy atom. The Balaban J connectivity index is 2.77. The second-order valence-electron chi connectivity index (χ2n) is 6.60. The van der Waals surface area contributed by atoms with E-state index in [1.807, 2.05) is 0 Å². The Labute approximate surface area is 141 Å². The topological polar surface area (TPSA) is 62.6 Å². The molecule has 0 radical (unpaired) electrons. The number of amides is 2. The molecule has 0 bridgehead atoms. The number of rotatable bonds is 5. The van der Waals surface area contributed by atoms with E-state index in [0.717, 1.165) is 0 Å². The summed E-state index contributed by atoms with van der Waals surface area (Å²) in [5, 5.41) is 4.31. The van der Waals surface area contributed by atoms with Gasteiger partial charge >= 0.3 is 0 Å². The molecule has 0 heterocycles. The molecule has 140 valence electrons. The standard InChI is InChI=1S/C15H18F5N3O2/c1-15(2,3)22-8(25)6-23(4)5-7(24)21-14-12(19)10(17)9(16)11(18)13(14)20/h5-6H2,1-4H3,(H,21,24)(H,22,25)/p+1. The zero-order valence-electron chi connectivity index (χ0n) is 14.1. The predicted molar refractivity (Wildman–Crippen MR) is 79.4 cm³/mol. The van der Waals surface area contributed by atoms with Gasteiger partial charge in [0, 0.05) is 5.54 Å². The maximum atomic E-state index is 13.5. The number of hydrogen-bond acceptors (Lipinski definition) is 2. The number of carbonyl (C=O) groups excluding carboxylic acids is 2. The van der Waals surface area contributed by atoms with E-state index in [2.05, 4.69) is 5.32 Å². The molecule has 5 nitrogen and oxygen atoms in total. The van der Waals surface area contributed by atoms with Crippen molar-refractivity contribution in [2.75, 3.05) is 25.5 Å². The third kappa shape index (κ3) is 5.66. The summed E-state index contributed by atoms with van der Waals surface area (Å²) in [6, 6.07) is 0. The molecule has 1 aromatic carbocycles. The number of nitrogens with one attached hydrogen (secondary N) is 3. The fourth-order valence-electron chi connectivity index (χ4n) is 1.97. The fraction of sp³-hybridized carbons (Fsp3) is 0.467. The van der Waals surface area contributed by atoms with Crippen molar-refractivity contribution < 1.29 is 36.4 Å². The first-order chi connectivity index (χ1) is 11.3. The molecule has 2 amide bonds. The lowest BCUT2D eigenvalue weighted by Gasteiger charge is -2.21. The van der Waals surface area contributed by atoms with Gasteiger partial charge in [-0.15, -0.1) is 0 Å². The zero-order chi connectivity index (χ0) is 19.5. The normalized spacial score (nSPS) is 12.7. The second kappa shape index (κ2) is 7.77. The summed E-state index contributed by atoms with van der Waals surface area (Å²) >= 11 is 0. The Morgan fingerprint density at radius 2 is 1.24 bits per heavy atom. The van der Waals surface area contributed by atoms with Crippen molar-refractivity contribution in [2.45, 2.75) is 26.3 Å². The van der Waals surface area contributed by atoms with Crippen molar-refractivity contribution in [2.24, 2.45) is 0 Å². The third-order valence-electron chi connectivity index (χ3n) is 2.91. The average Bonchev–Trinajstić information content (AvgIpc) is 2.45. The molecule has 0 fully saturated rings. The monoisotopic (exact) mass is 368 g/mol. The van der Waals surface area contributed by atoms with Crippen LogP contribution in [0.15, 0.2) is 0 Å². The Morgan fingerprint density at radius 3 is 1.68 bits per heavy atom. The van der Waals surface area contributed by atoms with Gasteiger partial charge in [0.1, 0.15) is 5.69 Å². The quantitative estimate of drug-likeness (QED) is 0.408. The van der Waals surface area contributed by atoms with Gasteiger partial charge in [0.2, 0.25) is 5.82 Å². The van der Waals surface area contributed by atoms with Crippen LogP contribution in [0.5, 0.6) is 0 Å². The molecule has 0 spiro atoms. The summed E-state index contributed by atoms with van der Waals surface area (Å²) in [5.41, 5.74) is -1.90. The first-order valence-electron chi connectivity index (χ1n) is 7.27. The van der Waals surface area contributed by atoms with Crippen LogP contribution < -0.4 is 15.5 Å². The first-order valence-corrected chi connectivity index (χ1v) is 7.27. The molecular formula is C15H19F5N3O2+. The van der Waals surface area contributed by atoms with Gasteiger partial charge in [-0.25, -0.2) is 22.0 Å². The van der Waals surface area contributed by atoms with Crippen LogP contribution in [-0.2, 0) is 9.59 Å². The van der Waals surface area contributed by atoms with Gasteiger partial charge in [0.25, 0.3) is 11.8 Å². The molecule has 1 unspecified atom stereocenters. The summed E-state index contributed by atoms with van der Waals surface area (Å²) in [6.45, 7) is 4.74. The number of halogens is 5. The molecule has 0 aliphatic heterocycles. The van der Waals surface area contributed by atoms with Gasteiger partial charge in [0.15, 0.2) is 36.4 Å². The highest BCUT2D eigenvalue weighted by molar-refractivity contribution is 5.92. The van der Waals surface area contributed by atoms with Gasteiger partial charge < -0.3 is 15.5 Å². The van der Waals surface area contributed by atoms with Crippen molar-refractivity contribution in [3.63, 3.8) is 0 Å². The fourth-order valence-corrected chi connectivity index (χ4v) is 1.97. The molecule has 0 aromatic heterocycles. The van der Waals surface area contributed by atoms with Crippen molar-refractivity contribution in [1.29, 1.82) is 0 Å². The highest BCUT2D eigenvalue weighted by Crippen LogP contribution is 2.26. The predicted octanol–water partition coefficient (Wildman–Crippen LogP) is 0.750. The molecule has 10 heteroatoms. The van der Waals surface area contributed by atoms with Gasteiger partial charge in [-0.05, 0) is 20.8 Å². The van der Waals surface area contributed by atoms with Gasteiger partial charge in [-0.3, -0.25) is 9.59 Å². The lowest BCUT2D eigenvalue weighted by atomic mass is 10.1. The minimum atomic E-state index is -2.31. The number of anilines is 1. The van der Waals surface area contributed by atoms with Crippen LogP contribution in [0.25, 0.3) is 0 Å². The molecular weight excluding hydrogens is 349 g/mol. The smallest absolute Gasteiger partial charge is 0.279 e. The molecule has 3 N–H and O–H groups in total. The molecule has 0 saturated carbocycles. The maximum Gasteiger partial charge on any atom is 0.279 e. The van der Waals surface area contributed by atoms with Crippen LogP contribution in [0.4, 0.5) is 27.6 Å². The third-order valence-corrected chi connectivity index (χ3v) is 2.91. The Bertz CT molecular complexity index is 660. The average molecular weight is 368 g/mol. The SMILES string of the molecule is C[NH+](CC(=O)Nc1c(F)c(F)c(F)c(F)c1F)CC(=O)NC(C)(C)C. The van der Waals surface area contributed by atoms with Crippen LogP contribution in [0.2, 0.25) is 0 Å². The van der Waals surface area contributed by atoms with Gasteiger partial charge in [-0.1, -0.05) is 0 Å².